The Morgan fingerprint density at radius 3 is 2.68 bits per heavy atom. The lowest BCUT2D eigenvalue weighted by atomic mass is 10.2. The third kappa shape index (κ3) is 4.84. The van der Waals surface area contributed by atoms with Crippen LogP contribution in [0.4, 0.5) is 5.69 Å². The van der Waals surface area contributed by atoms with E-state index in [1.165, 1.54) is 0 Å². The van der Waals surface area contributed by atoms with Crippen molar-refractivity contribution in [2.24, 2.45) is 5.92 Å². The number of hydrogen-bond acceptors (Lipinski definition) is 3. The monoisotopic (exact) mass is 278 g/mol. The van der Waals surface area contributed by atoms with Crippen molar-refractivity contribution >= 4 is 22.4 Å². The van der Waals surface area contributed by atoms with Crippen molar-refractivity contribution in [2.45, 2.75) is 26.0 Å². The molecule has 0 saturated heterocycles. The molecule has 0 bridgehead atoms. The first-order valence-electron chi connectivity index (χ1n) is 6.11. The molecule has 0 aliphatic rings. The molecule has 0 fully saturated rings. The van der Waals surface area contributed by atoms with Crippen molar-refractivity contribution in [3.05, 3.63) is 29.8 Å². The first kappa shape index (κ1) is 15.4. The number of benzene rings is 1. The summed E-state index contributed by atoms with van der Waals surface area (Å²) < 4.78 is 11.9. The molecule has 2 unspecified atom stereocenters. The van der Waals surface area contributed by atoms with Gasteiger partial charge in [0.15, 0.2) is 0 Å². The Morgan fingerprint density at radius 1 is 1.42 bits per heavy atom. The van der Waals surface area contributed by atoms with E-state index in [4.69, 9.17) is 5.26 Å². The van der Waals surface area contributed by atoms with E-state index in [2.05, 4.69) is 5.32 Å². The Hall–Kier alpha value is -1.67. The fourth-order valence-corrected chi connectivity index (χ4v) is 2.63. The van der Waals surface area contributed by atoms with Crippen LogP contribution < -0.4 is 5.32 Å². The predicted molar refractivity (Wildman–Crippen MR) is 77.1 cm³/mol. The largest absolute Gasteiger partial charge is 0.325 e. The number of carbonyl (C=O) groups excluding carboxylic acids is 1. The summed E-state index contributed by atoms with van der Waals surface area (Å²) in [4.78, 5) is 11.8. The van der Waals surface area contributed by atoms with Gasteiger partial charge in [0.2, 0.25) is 5.91 Å². The van der Waals surface area contributed by atoms with E-state index >= 15 is 0 Å². The fourth-order valence-electron chi connectivity index (χ4n) is 1.43. The van der Waals surface area contributed by atoms with E-state index in [0.29, 0.717) is 11.3 Å². The average molecular weight is 278 g/mol. The van der Waals surface area contributed by atoms with Gasteiger partial charge in [-0.15, -0.1) is 0 Å². The molecule has 0 aliphatic carbocycles. The van der Waals surface area contributed by atoms with Crippen molar-refractivity contribution in [3.63, 3.8) is 0 Å². The third-order valence-electron chi connectivity index (χ3n) is 2.90. The van der Waals surface area contributed by atoms with E-state index in [1.54, 1.807) is 24.3 Å². The van der Waals surface area contributed by atoms with Crippen LogP contribution in [0.15, 0.2) is 24.3 Å². The summed E-state index contributed by atoms with van der Waals surface area (Å²) in [6.07, 6.45) is 0. The number of hydrogen-bond donors (Lipinski definition) is 1. The molecular weight excluding hydrogens is 260 g/mol. The molecule has 1 N–H and O–H groups in total. The lowest BCUT2D eigenvalue weighted by molar-refractivity contribution is -0.113. The maximum Gasteiger partial charge on any atom is 0.237 e. The first-order chi connectivity index (χ1) is 8.93. The number of anilines is 1. The molecule has 0 saturated carbocycles. The van der Waals surface area contributed by atoms with Crippen LogP contribution in [0.1, 0.15) is 26.3 Å². The van der Waals surface area contributed by atoms with E-state index in [1.807, 2.05) is 26.8 Å². The topological polar surface area (TPSA) is 70.0 Å². The van der Waals surface area contributed by atoms with Crippen LogP contribution >= 0.6 is 0 Å². The van der Waals surface area contributed by atoms with Crippen molar-refractivity contribution in [1.82, 2.24) is 0 Å². The van der Waals surface area contributed by atoms with Gasteiger partial charge in [0.25, 0.3) is 0 Å². The van der Waals surface area contributed by atoms with Gasteiger partial charge in [0, 0.05) is 21.7 Å². The molecule has 1 aromatic rings. The van der Waals surface area contributed by atoms with E-state index < -0.39 is 10.8 Å². The van der Waals surface area contributed by atoms with Gasteiger partial charge in [-0.3, -0.25) is 9.00 Å². The molecule has 1 amide bonds. The molecule has 1 aromatic carbocycles. The second-order valence-electron chi connectivity index (χ2n) is 4.72. The second-order valence-corrected chi connectivity index (χ2v) is 6.51. The molecule has 19 heavy (non-hydrogen) atoms. The Morgan fingerprint density at radius 2 is 2.11 bits per heavy atom. The molecule has 2 atom stereocenters. The third-order valence-corrected chi connectivity index (χ3v) is 4.82. The minimum absolute atomic E-state index is 0.0174. The van der Waals surface area contributed by atoms with Crippen molar-refractivity contribution < 1.29 is 9.00 Å². The second kappa shape index (κ2) is 7.05. The van der Waals surface area contributed by atoms with Gasteiger partial charge in [0.05, 0.1) is 11.6 Å². The standard InChI is InChI=1S/C14H18N2O2S/c1-10(2)11(3)19(18)9-14(17)16-13-6-4-5-12(7-13)8-15/h4-7,10-11H,9H2,1-3H3,(H,16,17). The van der Waals surface area contributed by atoms with Crippen LogP contribution in [0.3, 0.4) is 0 Å². The molecule has 0 aromatic heterocycles. The Kier molecular flexibility index (Phi) is 5.71. The van der Waals surface area contributed by atoms with Crippen LogP contribution in [0.2, 0.25) is 0 Å². The Bertz CT molecular complexity index is 520. The SMILES string of the molecule is CC(C)C(C)S(=O)CC(=O)Nc1cccc(C#N)c1. The van der Waals surface area contributed by atoms with Gasteiger partial charge in [0.1, 0.15) is 5.75 Å². The summed E-state index contributed by atoms with van der Waals surface area (Å²) in [7, 11) is -1.18. The van der Waals surface area contributed by atoms with Gasteiger partial charge in [-0.1, -0.05) is 26.8 Å². The summed E-state index contributed by atoms with van der Waals surface area (Å²) in [5.74, 6) is -0.0349. The summed E-state index contributed by atoms with van der Waals surface area (Å²) >= 11 is 0. The van der Waals surface area contributed by atoms with Gasteiger partial charge in [-0.2, -0.15) is 5.26 Å². The minimum atomic E-state index is -1.18. The average Bonchev–Trinajstić information content (AvgIpc) is 2.37. The highest BCUT2D eigenvalue weighted by Crippen LogP contribution is 2.11. The zero-order chi connectivity index (χ0) is 14.4. The highest BCUT2D eigenvalue weighted by atomic mass is 32.2. The van der Waals surface area contributed by atoms with E-state index in [9.17, 15) is 9.00 Å². The lowest BCUT2D eigenvalue weighted by Crippen LogP contribution is -2.27. The minimum Gasteiger partial charge on any atom is -0.325 e. The maximum atomic E-state index is 11.9. The highest BCUT2D eigenvalue weighted by molar-refractivity contribution is 7.86. The molecule has 4 nitrogen and oxygen atoms in total. The van der Waals surface area contributed by atoms with Crippen LogP contribution in [0, 0.1) is 17.2 Å². The van der Waals surface area contributed by atoms with Crippen molar-refractivity contribution in [3.8, 4) is 6.07 Å². The van der Waals surface area contributed by atoms with Gasteiger partial charge in [-0.05, 0) is 24.1 Å². The predicted octanol–water partition coefficient (Wildman–Crippen LogP) is 2.29. The quantitative estimate of drug-likeness (QED) is 0.898. The molecule has 102 valence electrons. The molecule has 0 aliphatic heterocycles. The number of nitriles is 1. The van der Waals surface area contributed by atoms with Crippen molar-refractivity contribution in [1.29, 1.82) is 5.26 Å². The number of rotatable bonds is 5. The summed E-state index contributed by atoms with van der Waals surface area (Å²) in [5.41, 5.74) is 1.03. The molecular formula is C14H18N2O2S. The molecule has 0 radical (unpaired) electrons. The number of nitrogens with zero attached hydrogens (tertiary/aromatic N) is 1. The maximum absolute atomic E-state index is 11.9. The Balaban J connectivity index is 2.61. The smallest absolute Gasteiger partial charge is 0.237 e. The van der Waals surface area contributed by atoms with Crippen molar-refractivity contribution in [2.75, 3.05) is 11.1 Å². The highest BCUT2D eigenvalue weighted by Gasteiger charge is 2.18. The van der Waals surface area contributed by atoms with Crippen LogP contribution in [-0.4, -0.2) is 21.1 Å². The number of amides is 1. The normalized spacial score (nSPS) is 13.6. The van der Waals surface area contributed by atoms with Crippen LogP contribution in [0.25, 0.3) is 0 Å². The summed E-state index contributed by atoms with van der Waals surface area (Å²) in [5, 5.41) is 11.4. The van der Waals surface area contributed by atoms with Crippen LogP contribution in [0.5, 0.6) is 0 Å². The zero-order valence-corrected chi connectivity index (χ0v) is 12.2. The van der Waals surface area contributed by atoms with E-state index in [0.717, 1.165) is 0 Å². The lowest BCUT2D eigenvalue weighted by Gasteiger charge is -2.14. The van der Waals surface area contributed by atoms with Gasteiger partial charge in [-0.25, -0.2) is 0 Å². The molecule has 0 heterocycles. The van der Waals surface area contributed by atoms with Crippen LogP contribution in [-0.2, 0) is 15.6 Å². The van der Waals surface area contributed by atoms with Gasteiger partial charge >= 0.3 is 0 Å². The number of nitrogens with one attached hydrogen (secondary N) is 1. The molecule has 1 rings (SSSR count). The Labute approximate surface area is 116 Å². The number of carbonyl (C=O) groups is 1. The first-order valence-corrected chi connectivity index (χ1v) is 7.49. The summed E-state index contributed by atoms with van der Waals surface area (Å²) in [6, 6.07) is 8.65. The summed E-state index contributed by atoms with van der Waals surface area (Å²) in [6.45, 7) is 5.85. The van der Waals surface area contributed by atoms with Gasteiger partial charge < -0.3 is 5.32 Å². The molecule has 0 spiro atoms. The van der Waals surface area contributed by atoms with E-state index in [-0.39, 0.29) is 22.8 Å². The fraction of sp³-hybridized carbons (Fsp3) is 0.429. The molecule has 5 heteroatoms. The zero-order valence-electron chi connectivity index (χ0n) is 11.3.